The van der Waals surface area contributed by atoms with E-state index in [-0.39, 0.29) is 18.0 Å². The van der Waals surface area contributed by atoms with Gasteiger partial charge in [-0.3, -0.25) is 9.59 Å². The highest BCUT2D eigenvalue weighted by Gasteiger charge is 2.09. The molecule has 31 heavy (non-hydrogen) atoms. The topological polar surface area (TPSA) is 88.4 Å². The lowest BCUT2D eigenvalue weighted by Crippen LogP contribution is -2.25. The largest absolute Gasteiger partial charge is 0.494 e. The minimum atomic E-state index is -0.396. The van der Waals surface area contributed by atoms with Gasteiger partial charge in [-0.05, 0) is 60.9 Å². The molecule has 0 heterocycles. The van der Waals surface area contributed by atoms with Crippen LogP contribution in [0.5, 0.6) is 11.5 Å². The van der Waals surface area contributed by atoms with Gasteiger partial charge in [0.25, 0.3) is 5.91 Å². The maximum atomic E-state index is 12.0. The van der Waals surface area contributed by atoms with Gasteiger partial charge in [0.1, 0.15) is 23.1 Å². The molecule has 7 heteroatoms. The number of benzene rings is 2. The Labute approximate surface area is 187 Å². The molecule has 0 aliphatic carbocycles. The SMILES string of the molecule is CCCCNC(=O)/C(C#N)=C/c1ccc(OC(=O)CCCOc2ccc(Cl)cc2)cc1. The average Bonchev–Trinajstić information content (AvgIpc) is 2.77. The minimum Gasteiger partial charge on any atom is -0.494 e. The average molecular weight is 441 g/mol. The third-order valence-electron chi connectivity index (χ3n) is 4.21. The summed E-state index contributed by atoms with van der Waals surface area (Å²) in [7, 11) is 0. The zero-order valence-corrected chi connectivity index (χ0v) is 18.2. The number of carbonyl (C=O) groups excluding carboxylic acids is 2. The van der Waals surface area contributed by atoms with E-state index in [0.29, 0.717) is 41.7 Å². The molecule has 0 fully saturated rings. The van der Waals surface area contributed by atoms with Crippen LogP contribution in [0.15, 0.2) is 54.1 Å². The van der Waals surface area contributed by atoms with Crippen molar-refractivity contribution in [3.63, 3.8) is 0 Å². The van der Waals surface area contributed by atoms with Crippen LogP contribution in [0.25, 0.3) is 6.08 Å². The number of nitriles is 1. The monoisotopic (exact) mass is 440 g/mol. The summed E-state index contributed by atoms with van der Waals surface area (Å²) in [5.41, 5.74) is 0.694. The van der Waals surface area contributed by atoms with E-state index in [1.165, 1.54) is 6.08 Å². The van der Waals surface area contributed by atoms with Crippen LogP contribution in [0.1, 0.15) is 38.2 Å². The molecule has 0 saturated heterocycles. The number of nitrogens with zero attached hydrogens (tertiary/aromatic N) is 1. The quantitative estimate of drug-likeness (QED) is 0.176. The molecule has 6 nitrogen and oxygen atoms in total. The van der Waals surface area contributed by atoms with E-state index in [2.05, 4.69) is 5.32 Å². The second kappa shape index (κ2) is 13.1. The van der Waals surface area contributed by atoms with Crippen molar-refractivity contribution in [2.24, 2.45) is 0 Å². The van der Waals surface area contributed by atoms with Crippen molar-refractivity contribution in [1.82, 2.24) is 5.32 Å². The molecule has 1 N–H and O–H groups in total. The van der Waals surface area contributed by atoms with E-state index >= 15 is 0 Å². The normalized spacial score (nSPS) is 10.8. The lowest BCUT2D eigenvalue weighted by Gasteiger charge is -2.07. The molecular formula is C24H25ClN2O4. The molecule has 0 aromatic heterocycles. The molecule has 0 spiro atoms. The number of nitrogens with one attached hydrogen (secondary N) is 1. The second-order valence-corrected chi connectivity index (χ2v) is 7.16. The molecule has 162 valence electrons. The van der Waals surface area contributed by atoms with E-state index in [1.807, 2.05) is 13.0 Å². The third kappa shape index (κ3) is 8.93. The minimum absolute atomic E-state index is 0.0292. The van der Waals surface area contributed by atoms with Crippen molar-refractivity contribution < 1.29 is 19.1 Å². The van der Waals surface area contributed by atoms with Gasteiger partial charge < -0.3 is 14.8 Å². The number of carbonyl (C=O) groups is 2. The van der Waals surface area contributed by atoms with Crippen LogP contribution in [0, 0.1) is 11.3 Å². The van der Waals surface area contributed by atoms with Crippen molar-refractivity contribution in [3.8, 4) is 17.6 Å². The fourth-order valence-electron chi connectivity index (χ4n) is 2.54. The van der Waals surface area contributed by atoms with E-state index < -0.39 is 5.91 Å². The highest BCUT2D eigenvalue weighted by Crippen LogP contribution is 2.17. The molecule has 1 amide bonds. The van der Waals surface area contributed by atoms with Crippen LogP contribution in [-0.2, 0) is 9.59 Å². The molecule has 2 aromatic carbocycles. The molecule has 0 aliphatic heterocycles. The van der Waals surface area contributed by atoms with Crippen molar-refractivity contribution in [2.45, 2.75) is 32.6 Å². The van der Waals surface area contributed by atoms with Crippen molar-refractivity contribution in [1.29, 1.82) is 5.26 Å². The van der Waals surface area contributed by atoms with Crippen LogP contribution in [0.4, 0.5) is 0 Å². The Kier molecular flexibility index (Phi) is 10.1. The number of ether oxygens (including phenoxy) is 2. The van der Waals surface area contributed by atoms with E-state index in [4.69, 9.17) is 21.1 Å². The van der Waals surface area contributed by atoms with Gasteiger partial charge in [-0.2, -0.15) is 5.26 Å². The Hall–Kier alpha value is -3.30. The number of rotatable bonds is 11. The van der Waals surface area contributed by atoms with Gasteiger partial charge in [0.15, 0.2) is 0 Å². The number of esters is 1. The first-order chi connectivity index (χ1) is 15.0. The fourth-order valence-corrected chi connectivity index (χ4v) is 2.67. The smallest absolute Gasteiger partial charge is 0.311 e. The Morgan fingerprint density at radius 2 is 1.74 bits per heavy atom. The lowest BCUT2D eigenvalue weighted by molar-refractivity contribution is -0.134. The Morgan fingerprint density at radius 3 is 2.39 bits per heavy atom. The van der Waals surface area contributed by atoms with Gasteiger partial charge in [-0.25, -0.2) is 0 Å². The number of hydrogen-bond donors (Lipinski definition) is 1. The van der Waals surface area contributed by atoms with Crippen molar-refractivity contribution in [3.05, 3.63) is 64.7 Å². The maximum absolute atomic E-state index is 12.0. The van der Waals surface area contributed by atoms with Crippen LogP contribution >= 0.6 is 11.6 Å². The number of unbranched alkanes of at least 4 members (excludes halogenated alkanes) is 1. The molecule has 0 saturated carbocycles. The van der Waals surface area contributed by atoms with Crippen LogP contribution in [-0.4, -0.2) is 25.0 Å². The Morgan fingerprint density at radius 1 is 1.06 bits per heavy atom. The molecule has 0 radical (unpaired) electrons. The zero-order chi connectivity index (χ0) is 22.5. The third-order valence-corrected chi connectivity index (χ3v) is 4.46. The number of halogens is 1. The highest BCUT2D eigenvalue weighted by molar-refractivity contribution is 6.30. The summed E-state index contributed by atoms with van der Waals surface area (Å²) >= 11 is 5.82. The van der Waals surface area contributed by atoms with Crippen LogP contribution in [0.3, 0.4) is 0 Å². The van der Waals surface area contributed by atoms with E-state index in [9.17, 15) is 14.9 Å². The summed E-state index contributed by atoms with van der Waals surface area (Å²) in [6.07, 6.45) is 4.05. The number of amides is 1. The Balaban J connectivity index is 1.78. The first-order valence-electron chi connectivity index (χ1n) is 10.1. The lowest BCUT2D eigenvalue weighted by atomic mass is 10.1. The summed E-state index contributed by atoms with van der Waals surface area (Å²) in [6, 6.07) is 15.5. The molecule has 0 bridgehead atoms. The number of hydrogen-bond acceptors (Lipinski definition) is 5. The summed E-state index contributed by atoms with van der Waals surface area (Å²) in [5.74, 6) is 0.326. The molecule has 2 rings (SSSR count). The first-order valence-corrected chi connectivity index (χ1v) is 10.5. The Bertz CT molecular complexity index is 932. The molecule has 2 aromatic rings. The van der Waals surface area contributed by atoms with Crippen LogP contribution in [0.2, 0.25) is 5.02 Å². The highest BCUT2D eigenvalue weighted by atomic mass is 35.5. The second-order valence-electron chi connectivity index (χ2n) is 6.73. The van der Waals surface area contributed by atoms with Gasteiger partial charge in [-0.1, -0.05) is 37.1 Å². The maximum Gasteiger partial charge on any atom is 0.311 e. The van der Waals surface area contributed by atoms with Gasteiger partial charge >= 0.3 is 5.97 Å². The van der Waals surface area contributed by atoms with Gasteiger partial charge in [0.05, 0.1) is 6.61 Å². The molecular weight excluding hydrogens is 416 g/mol. The fraction of sp³-hybridized carbons (Fsp3) is 0.292. The van der Waals surface area contributed by atoms with Gasteiger partial charge in [-0.15, -0.1) is 0 Å². The summed E-state index contributed by atoms with van der Waals surface area (Å²) in [4.78, 5) is 24.0. The van der Waals surface area contributed by atoms with E-state index in [1.54, 1.807) is 48.5 Å². The molecule has 0 unspecified atom stereocenters. The standard InChI is InChI=1S/C24H25ClN2O4/c1-2-3-14-27-24(29)19(17-26)16-18-6-10-22(11-7-18)31-23(28)5-4-15-30-21-12-8-20(25)9-13-21/h6-13,16H,2-5,14-15H2,1H3,(H,27,29)/b19-16+. The van der Waals surface area contributed by atoms with E-state index in [0.717, 1.165) is 12.8 Å². The van der Waals surface area contributed by atoms with Gasteiger partial charge in [0, 0.05) is 18.0 Å². The summed E-state index contributed by atoms with van der Waals surface area (Å²) < 4.78 is 10.8. The predicted octanol–water partition coefficient (Wildman–Crippen LogP) is 4.93. The predicted molar refractivity (Wildman–Crippen MR) is 120 cm³/mol. The van der Waals surface area contributed by atoms with Gasteiger partial charge in [0.2, 0.25) is 0 Å². The zero-order valence-electron chi connectivity index (χ0n) is 17.4. The molecule has 0 aliphatic rings. The summed E-state index contributed by atoms with van der Waals surface area (Å²) in [5, 5.41) is 12.6. The van der Waals surface area contributed by atoms with Crippen LogP contribution < -0.4 is 14.8 Å². The summed E-state index contributed by atoms with van der Waals surface area (Å²) in [6.45, 7) is 2.95. The first kappa shape index (κ1) is 24.0. The molecule has 0 atom stereocenters. The van der Waals surface area contributed by atoms with Crippen molar-refractivity contribution >= 4 is 29.6 Å². The van der Waals surface area contributed by atoms with Crippen molar-refractivity contribution in [2.75, 3.05) is 13.2 Å².